The van der Waals surface area contributed by atoms with Gasteiger partial charge >= 0.3 is 5.69 Å². The predicted octanol–water partition coefficient (Wildman–Crippen LogP) is -0.356. The highest BCUT2D eigenvalue weighted by molar-refractivity contribution is 7.99. The van der Waals surface area contributed by atoms with Gasteiger partial charge in [0.25, 0.3) is 0 Å². The third-order valence-electron chi connectivity index (χ3n) is 1.99. The second-order valence-electron chi connectivity index (χ2n) is 3.29. The van der Waals surface area contributed by atoms with Crippen LogP contribution in [-0.2, 0) is 7.05 Å². The van der Waals surface area contributed by atoms with Gasteiger partial charge in [0.15, 0.2) is 5.16 Å². The summed E-state index contributed by atoms with van der Waals surface area (Å²) in [6.07, 6.45) is 0. The van der Waals surface area contributed by atoms with Crippen molar-refractivity contribution in [3.63, 3.8) is 0 Å². The van der Waals surface area contributed by atoms with Crippen LogP contribution in [0.3, 0.4) is 0 Å². The summed E-state index contributed by atoms with van der Waals surface area (Å²) in [6, 6.07) is 1.78. The fraction of sp³-hybridized carbons (Fsp3) is 0.250. The highest BCUT2D eigenvalue weighted by Gasteiger charge is 2.09. The van der Waals surface area contributed by atoms with Crippen molar-refractivity contribution < 1.29 is 0 Å². The lowest BCUT2D eigenvalue weighted by atomic mass is 10.5. The van der Waals surface area contributed by atoms with Gasteiger partial charge < -0.3 is 0 Å². The van der Waals surface area contributed by atoms with Gasteiger partial charge in [-0.3, -0.25) is 9.99 Å². The van der Waals surface area contributed by atoms with Gasteiger partial charge in [0.05, 0.1) is 0 Å². The van der Waals surface area contributed by atoms with Crippen LogP contribution in [0.2, 0.25) is 0 Å². The number of aromatic nitrogens is 5. The minimum absolute atomic E-state index is 0.268. The summed E-state index contributed by atoms with van der Waals surface area (Å²) in [5, 5.41) is 7.41. The molecule has 0 aliphatic rings. The lowest BCUT2D eigenvalue weighted by Crippen LogP contribution is -2.13. The Bertz CT molecular complexity index is 590. The number of nitrogens with zero attached hydrogens (tertiary/aromatic N) is 4. The van der Waals surface area contributed by atoms with E-state index in [-0.39, 0.29) is 5.69 Å². The number of nitrogens with one attached hydrogen (secondary N) is 2. The molecule has 0 atom stereocenters. The molecule has 9 heteroatoms. The molecule has 0 unspecified atom stereocenters. The van der Waals surface area contributed by atoms with Crippen molar-refractivity contribution in [3.8, 4) is 0 Å². The predicted molar refractivity (Wildman–Crippen MR) is 62.5 cm³/mol. The fourth-order valence-electron chi connectivity index (χ4n) is 1.17. The largest absolute Gasteiger partial charge is 0.343 e. The van der Waals surface area contributed by atoms with Crippen LogP contribution in [0.5, 0.6) is 0 Å². The molecule has 2 rings (SSSR count). The molecule has 0 aromatic carbocycles. The van der Waals surface area contributed by atoms with Crippen LogP contribution < -0.4 is 17.0 Å². The van der Waals surface area contributed by atoms with E-state index in [0.29, 0.717) is 16.1 Å². The van der Waals surface area contributed by atoms with E-state index in [0.717, 1.165) is 5.69 Å². The number of hydrogen-bond acceptors (Lipinski definition) is 7. The molecule has 2 aromatic heterocycles. The molecule has 17 heavy (non-hydrogen) atoms. The zero-order chi connectivity index (χ0) is 12.4. The van der Waals surface area contributed by atoms with Crippen molar-refractivity contribution in [1.82, 2.24) is 24.7 Å². The first-order valence-corrected chi connectivity index (χ1v) is 5.53. The topological polar surface area (TPSA) is 115 Å². The molecular weight excluding hydrogens is 242 g/mol. The van der Waals surface area contributed by atoms with E-state index in [9.17, 15) is 4.79 Å². The Labute approximate surface area is 101 Å². The maximum atomic E-state index is 11.2. The van der Waals surface area contributed by atoms with Crippen molar-refractivity contribution >= 4 is 17.7 Å². The van der Waals surface area contributed by atoms with Crippen LogP contribution >= 0.6 is 11.8 Å². The van der Waals surface area contributed by atoms with E-state index < -0.39 is 0 Å². The quantitative estimate of drug-likeness (QED) is 0.389. The van der Waals surface area contributed by atoms with Crippen LogP contribution in [0.1, 0.15) is 5.69 Å². The number of hydrazine groups is 1. The van der Waals surface area contributed by atoms with Crippen molar-refractivity contribution in [2.75, 3.05) is 5.43 Å². The van der Waals surface area contributed by atoms with Crippen molar-refractivity contribution in [2.24, 2.45) is 12.9 Å². The van der Waals surface area contributed by atoms with Crippen molar-refractivity contribution in [1.29, 1.82) is 0 Å². The Morgan fingerprint density at radius 2 is 2.29 bits per heavy atom. The molecule has 0 aliphatic heterocycles. The molecule has 8 nitrogen and oxygen atoms in total. The minimum Gasteiger partial charge on any atom is -0.292 e. The summed E-state index contributed by atoms with van der Waals surface area (Å²) in [5.41, 5.74) is 2.89. The van der Waals surface area contributed by atoms with Gasteiger partial charge in [-0.05, 0) is 24.8 Å². The number of nitrogens with two attached hydrogens (primary N) is 1. The number of H-pyrrole nitrogens is 1. The average molecular weight is 253 g/mol. The Hall–Kier alpha value is -1.87. The standard InChI is InChI=1S/C8H11N7OS/c1-4-3-5(11-6(10-4)12-9)17-8-14-13-7(16)15(8)2/h3H,9H2,1-2H3,(H,13,16)(H,10,11,12). The summed E-state index contributed by atoms with van der Waals surface area (Å²) in [6.45, 7) is 1.83. The van der Waals surface area contributed by atoms with Gasteiger partial charge in [0, 0.05) is 12.7 Å². The van der Waals surface area contributed by atoms with Gasteiger partial charge in [-0.25, -0.2) is 25.7 Å². The zero-order valence-corrected chi connectivity index (χ0v) is 10.1. The summed E-state index contributed by atoms with van der Waals surface area (Å²) in [5.74, 6) is 5.58. The molecule has 0 radical (unpaired) electrons. The number of nitrogen functional groups attached to an aromatic ring is 1. The fourth-order valence-corrected chi connectivity index (χ4v) is 2.03. The molecule has 0 saturated carbocycles. The molecular formula is C8H11N7OS. The van der Waals surface area contributed by atoms with Crippen LogP contribution in [-0.4, -0.2) is 24.7 Å². The molecule has 0 spiro atoms. The van der Waals surface area contributed by atoms with Crippen molar-refractivity contribution in [3.05, 3.63) is 22.2 Å². The third-order valence-corrected chi connectivity index (χ3v) is 2.96. The molecule has 90 valence electrons. The van der Waals surface area contributed by atoms with Gasteiger partial charge in [0.1, 0.15) is 5.03 Å². The number of rotatable bonds is 3. The number of anilines is 1. The van der Waals surface area contributed by atoms with Gasteiger partial charge in [-0.1, -0.05) is 0 Å². The van der Waals surface area contributed by atoms with E-state index in [1.807, 2.05) is 6.92 Å². The van der Waals surface area contributed by atoms with Crippen LogP contribution in [0.25, 0.3) is 0 Å². The monoisotopic (exact) mass is 253 g/mol. The smallest absolute Gasteiger partial charge is 0.292 e. The maximum Gasteiger partial charge on any atom is 0.343 e. The van der Waals surface area contributed by atoms with Crippen LogP contribution in [0, 0.1) is 6.92 Å². The molecule has 0 amide bonds. The van der Waals surface area contributed by atoms with E-state index in [2.05, 4.69) is 25.6 Å². The first-order valence-electron chi connectivity index (χ1n) is 4.71. The summed E-state index contributed by atoms with van der Waals surface area (Å²) < 4.78 is 1.40. The third kappa shape index (κ3) is 2.45. The number of aryl methyl sites for hydroxylation is 1. The highest BCUT2D eigenvalue weighted by atomic mass is 32.2. The number of hydrogen-bond donors (Lipinski definition) is 3. The van der Waals surface area contributed by atoms with Gasteiger partial charge in [0.2, 0.25) is 5.95 Å². The Morgan fingerprint density at radius 3 is 2.88 bits per heavy atom. The van der Waals surface area contributed by atoms with Crippen LogP contribution in [0.15, 0.2) is 21.0 Å². The lowest BCUT2D eigenvalue weighted by molar-refractivity contribution is 0.764. The van der Waals surface area contributed by atoms with Crippen molar-refractivity contribution in [2.45, 2.75) is 17.1 Å². The Kier molecular flexibility index (Phi) is 3.11. The minimum atomic E-state index is -0.268. The first kappa shape index (κ1) is 11.6. The molecule has 0 saturated heterocycles. The second kappa shape index (κ2) is 4.55. The van der Waals surface area contributed by atoms with Crippen LogP contribution in [0.4, 0.5) is 5.95 Å². The molecule has 0 aliphatic carbocycles. The molecule has 2 heterocycles. The molecule has 0 fully saturated rings. The van der Waals surface area contributed by atoms with E-state index >= 15 is 0 Å². The summed E-state index contributed by atoms with van der Waals surface area (Å²) in [4.78, 5) is 19.4. The van der Waals surface area contributed by atoms with E-state index in [1.54, 1.807) is 13.1 Å². The normalized spacial score (nSPS) is 10.5. The highest BCUT2D eigenvalue weighted by Crippen LogP contribution is 2.23. The number of aromatic amines is 1. The SMILES string of the molecule is Cc1cc(Sc2n[nH]c(=O)n2C)nc(NN)n1. The van der Waals surface area contributed by atoms with E-state index in [1.165, 1.54) is 16.3 Å². The van der Waals surface area contributed by atoms with E-state index in [4.69, 9.17) is 5.84 Å². The summed E-state index contributed by atoms with van der Waals surface area (Å²) >= 11 is 1.25. The summed E-state index contributed by atoms with van der Waals surface area (Å²) in [7, 11) is 1.63. The second-order valence-corrected chi connectivity index (χ2v) is 4.28. The Balaban J connectivity index is 2.33. The average Bonchev–Trinajstić information content (AvgIpc) is 2.60. The maximum absolute atomic E-state index is 11.2. The van der Waals surface area contributed by atoms with Gasteiger partial charge in [-0.2, -0.15) is 0 Å². The van der Waals surface area contributed by atoms with Gasteiger partial charge in [-0.15, -0.1) is 5.10 Å². The first-order chi connectivity index (χ1) is 8.10. The molecule has 4 N–H and O–H groups in total. The molecule has 2 aromatic rings. The molecule has 0 bridgehead atoms. The Morgan fingerprint density at radius 1 is 1.53 bits per heavy atom. The lowest BCUT2D eigenvalue weighted by Gasteiger charge is -2.03. The zero-order valence-electron chi connectivity index (χ0n) is 9.26.